The number of hydrogen-bond donors (Lipinski definition) is 3. The Morgan fingerprint density at radius 1 is 0.737 bits per heavy atom. The summed E-state index contributed by atoms with van der Waals surface area (Å²) in [5, 5.41) is 7.21. The fourth-order valence-corrected chi connectivity index (χ4v) is 4.88. The standard InChI is InChI=1S/C33H31N3O2/c1-22-12-11-19-28(23(22)2)35-32(37)30(20-26-21-34-29-18-10-9-17-27(26)29)36-33(38)31(24-13-5-3-6-14-24)25-15-7-4-8-16-25/h3-19,21,30-31,34H,20H2,1-2H3,(H,35,37)(H,36,38)/t30-/m0/s1. The molecule has 0 unspecified atom stereocenters. The molecule has 5 heteroatoms. The smallest absolute Gasteiger partial charge is 0.247 e. The molecule has 1 aromatic heterocycles. The van der Waals surface area contributed by atoms with Crippen LogP contribution in [-0.4, -0.2) is 22.8 Å². The Hall–Kier alpha value is -4.64. The van der Waals surface area contributed by atoms with Gasteiger partial charge in [0.05, 0.1) is 5.92 Å². The van der Waals surface area contributed by atoms with E-state index in [2.05, 4.69) is 15.6 Å². The molecular formula is C33H31N3O2. The summed E-state index contributed by atoms with van der Waals surface area (Å²) in [6.45, 7) is 4.00. The number of nitrogens with one attached hydrogen (secondary N) is 3. The highest BCUT2D eigenvalue weighted by molar-refractivity contribution is 6.00. The first kappa shape index (κ1) is 25.0. The number of aryl methyl sites for hydroxylation is 1. The summed E-state index contributed by atoms with van der Waals surface area (Å²) >= 11 is 0. The van der Waals surface area contributed by atoms with Crippen LogP contribution in [0.1, 0.15) is 33.7 Å². The van der Waals surface area contributed by atoms with Gasteiger partial charge in [-0.25, -0.2) is 0 Å². The fourth-order valence-electron chi connectivity index (χ4n) is 4.88. The Morgan fingerprint density at radius 3 is 2.05 bits per heavy atom. The van der Waals surface area contributed by atoms with E-state index in [0.717, 1.165) is 44.4 Å². The van der Waals surface area contributed by atoms with Gasteiger partial charge in [-0.1, -0.05) is 91.0 Å². The van der Waals surface area contributed by atoms with Gasteiger partial charge in [-0.2, -0.15) is 0 Å². The van der Waals surface area contributed by atoms with Crippen LogP contribution >= 0.6 is 0 Å². The van der Waals surface area contributed by atoms with Crippen molar-refractivity contribution in [2.24, 2.45) is 0 Å². The average Bonchev–Trinajstić information content (AvgIpc) is 3.35. The van der Waals surface area contributed by atoms with Crippen LogP contribution in [0.2, 0.25) is 0 Å². The largest absolute Gasteiger partial charge is 0.361 e. The van der Waals surface area contributed by atoms with Crippen molar-refractivity contribution in [1.29, 1.82) is 0 Å². The van der Waals surface area contributed by atoms with Crippen LogP contribution in [0.4, 0.5) is 5.69 Å². The highest BCUT2D eigenvalue weighted by atomic mass is 16.2. The molecule has 0 spiro atoms. The molecule has 190 valence electrons. The number of carbonyl (C=O) groups is 2. The summed E-state index contributed by atoms with van der Waals surface area (Å²) in [4.78, 5) is 30.9. The lowest BCUT2D eigenvalue weighted by atomic mass is 9.90. The minimum atomic E-state index is -0.781. The fraction of sp³-hybridized carbons (Fsp3) is 0.152. The lowest BCUT2D eigenvalue weighted by molar-refractivity contribution is -0.126. The molecule has 1 atom stereocenters. The van der Waals surface area contributed by atoms with Crippen LogP contribution in [-0.2, 0) is 16.0 Å². The van der Waals surface area contributed by atoms with Crippen molar-refractivity contribution in [2.75, 3.05) is 5.32 Å². The maximum absolute atomic E-state index is 13.9. The van der Waals surface area contributed by atoms with Gasteiger partial charge in [0.25, 0.3) is 0 Å². The van der Waals surface area contributed by atoms with E-state index in [1.165, 1.54) is 0 Å². The van der Waals surface area contributed by atoms with Crippen molar-refractivity contribution in [1.82, 2.24) is 10.3 Å². The first-order valence-corrected chi connectivity index (χ1v) is 12.8. The maximum atomic E-state index is 13.9. The minimum Gasteiger partial charge on any atom is -0.361 e. The third-order valence-corrected chi connectivity index (χ3v) is 7.12. The number of benzene rings is 4. The molecule has 2 amide bonds. The van der Waals surface area contributed by atoms with Crippen LogP contribution in [0.5, 0.6) is 0 Å². The number of amides is 2. The Balaban J connectivity index is 1.48. The second-order valence-electron chi connectivity index (χ2n) is 9.62. The van der Waals surface area contributed by atoms with Gasteiger partial charge < -0.3 is 15.6 Å². The molecule has 38 heavy (non-hydrogen) atoms. The minimum absolute atomic E-state index is 0.219. The van der Waals surface area contributed by atoms with Gasteiger partial charge in [-0.15, -0.1) is 0 Å². The Morgan fingerprint density at radius 2 is 1.37 bits per heavy atom. The highest BCUT2D eigenvalue weighted by Gasteiger charge is 2.29. The third kappa shape index (κ3) is 5.37. The Labute approximate surface area is 222 Å². The van der Waals surface area contributed by atoms with Gasteiger partial charge in [-0.3, -0.25) is 9.59 Å². The summed E-state index contributed by atoms with van der Waals surface area (Å²) in [6, 6.07) is 32.4. The quantitative estimate of drug-likeness (QED) is 0.234. The molecule has 0 bridgehead atoms. The summed E-state index contributed by atoms with van der Waals surface area (Å²) in [5.41, 5.74) is 6.55. The van der Waals surface area contributed by atoms with E-state index < -0.39 is 12.0 Å². The number of carbonyl (C=O) groups excluding carboxylic acids is 2. The molecule has 5 nitrogen and oxygen atoms in total. The van der Waals surface area contributed by atoms with Crippen LogP contribution in [0.25, 0.3) is 10.9 Å². The monoisotopic (exact) mass is 501 g/mol. The van der Waals surface area contributed by atoms with Gasteiger partial charge in [0.2, 0.25) is 11.8 Å². The maximum Gasteiger partial charge on any atom is 0.247 e. The van der Waals surface area contributed by atoms with E-state index in [9.17, 15) is 9.59 Å². The van der Waals surface area contributed by atoms with Crippen molar-refractivity contribution < 1.29 is 9.59 Å². The molecule has 0 aliphatic carbocycles. The summed E-state index contributed by atoms with van der Waals surface area (Å²) in [7, 11) is 0. The third-order valence-electron chi connectivity index (χ3n) is 7.12. The van der Waals surface area contributed by atoms with Crippen LogP contribution in [0.3, 0.4) is 0 Å². The average molecular weight is 502 g/mol. The van der Waals surface area contributed by atoms with E-state index in [1.807, 2.05) is 123 Å². The van der Waals surface area contributed by atoms with Crippen LogP contribution in [0.15, 0.2) is 109 Å². The first-order valence-electron chi connectivity index (χ1n) is 12.8. The number of para-hydroxylation sites is 1. The van der Waals surface area contributed by atoms with Gasteiger partial charge in [-0.05, 0) is 53.8 Å². The van der Waals surface area contributed by atoms with Crippen molar-refractivity contribution in [2.45, 2.75) is 32.2 Å². The Bertz CT molecular complexity index is 1520. The molecule has 4 aromatic carbocycles. The molecule has 0 aliphatic heterocycles. The SMILES string of the molecule is Cc1cccc(NC(=O)[C@H](Cc2c[nH]c3ccccc23)NC(=O)C(c2ccccc2)c2ccccc2)c1C. The van der Waals surface area contributed by atoms with E-state index in [4.69, 9.17) is 0 Å². The van der Waals surface area contributed by atoms with E-state index in [-0.39, 0.29) is 11.8 Å². The van der Waals surface area contributed by atoms with E-state index in [0.29, 0.717) is 6.42 Å². The number of aromatic nitrogens is 1. The molecular weight excluding hydrogens is 470 g/mol. The number of rotatable bonds is 8. The van der Waals surface area contributed by atoms with E-state index >= 15 is 0 Å². The lowest BCUT2D eigenvalue weighted by Crippen LogP contribution is -2.47. The van der Waals surface area contributed by atoms with Crippen molar-refractivity contribution in [3.8, 4) is 0 Å². The second kappa shape index (κ2) is 11.2. The predicted molar refractivity (Wildman–Crippen MR) is 153 cm³/mol. The summed E-state index contributed by atoms with van der Waals surface area (Å²) in [6.07, 6.45) is 2.27. The number of H-pyrrole nitrogens is 1. The zero-order valence-corrected chi connectivity index (χ0v) is 21.6. The molecule has 0 aliphatic rings. The van der Waals surface area contributed by atoms with Crippen molar-refractivity contribution in [3.05, 3.63) is 137 Å². The number of hydrogen-bond acceptors (Lipinski definition) is 2. The summed E-state index contributed by atoms with van der Waals surface area (Å²) < 4.78 is 0. The van der Waals surface area contributed by atoms with Gasteiger partial charge in [0, 0.05) is 29.2 Å². The van der Waals surface area contributed by atoms with Crippen LogP contribution in [0, 0.1) is 13.8 Å². The highest BCUT2D eigenvalue weighted by Crippen LogP contribution is 2.26. The van der Waals surface area contributed by atoms with Crippen molar-refractivity contribution in [3.63, 3.8) is 0 Å². The number of anilines is 1. The summed E-state index contributed by atoms with van der Waals surface area (Å²) in [5.74, 6) is -1.02. The van der Waals surface area contributed by atoms with Crippen molar-refractivity contribution >= 4 is 28.4 Å². The number of fused-ring (bicyclic) bond motifs is 1. The first-order chi connectivity index (χ1) is 18.5. The molecule has 0 saturated carbocycles. The molecule has 5 aromatic rings. The van der Waals surface area contributed by atoms with Crippen LogP contribution < -0.4 is 10.6 Å². The second-order valence-corrected chi connectivity index (χ2v) is 9.62. The number of aromatic amines is 1. The van der Waals surface area contributed by atoms with Gasteiger partial charge in [0.1, 0.15) is 6.04 Å². The predicted octanol–water partition coefficient (Wildman–Crippen LogP) is 6.28. The molecule has 3 N–H and O–H groups in total. The lowest BCUT2D eigenvalue weighted by Gasteiger charge is -2.23. The van der Waals surface area contributed by atoms with Gasteiger partial charge >= 0.3 is 0 Å². The molecule has 1 heterocycles. The molecule has 5 rings (SSSR count). The zero-order valence-electron chi connectivity index (χ0n) is 21.6. The normalized spacial score (nSPS) is 11.9. The Kier molecular flexibility index (Phi) is 7.36. The van der Waals surface area contributed by atoms with Gasteiger partial charge in [0.15, 0.2) is 0 Å². The molecule has 0 fully saturated rings. The van der Waals surface area contributed by atoms with E-state index in [1.54, 1.807) is 0 Å². The molecule has 0 saturated heterocycles. The molecule has 0 radical (unpaired) electrons. The topological polar surface area (TPSA) is 74.0 Å². The zero-order chi connectivity index (χ0) is 26.5.